The molecule has 0 saturated heterocycles. The predicted octanol–water partition coefficient (Wildman–Crippen LogP) is 2.66. The van der Waals surface area contributed by atoms with E-state index in [2.05, 4.69) is 11.4 Å². The summed E-state index contributed by atoms with van der Waals surface area (Å²) in [6.07, 6.45) is 5.30. The number of nitro benzene ring substituents is 1. The van der Waals surface area contributed by atoms with Crippen LogP contribution in [0.15, 0.2) is 12.1 Å². The molecule has 0 bridgehead atoms. The van der Waals surface area contributed by atoms with Crippen LogP contribution in [0, 0.1) is 21.4 Å². The van der Waals surface area contributed by atoms with Crippen molar-refractivity contribution in [1.29, 1.82) is 5.26 Å². The van der Waals surface area contributed by atoms with Gasteiger partial charge in [-0.15, -0.1) is 0 Å². The molecule has 28 heavy (non-hydrogen) atoms. The lowest BCUT2D eigenvalue weighted by molar-refractivity contribution is -0.385. The zero-order valence-corrected chi connectivity index (χ0v) is 15.8. The van der Waals surface area contributed by atoms with Crippen molar-refractivity contribution in [2.24, 2.45) is 0 Å². The van der Waals surface area contributed by atoms with E-state index in [0.717, 1.165) is 32.1 Å². The summed E-state index contributed by atoms with van der Waals surface area (Å²) in [4.78, 5) is 26.0. The van der Waals surface area contributed by atoms with Gasteiger partial charge in [0.05, 0.1) is 22.6 Å². The minimum Gasteiger partial charge on any atom is -0.454 e. The summed E-state index contributed by atoms with van der Waals surface area (Å²) >= 11 is 0. The maximum Gasteiger partial charge on any atom is 0.278 e. The van der Waals surface area contributed by atoms with Gasteiger partial charge in [0, 0.05) is 19.0 Å². The van der Waals surface area contributed by atoms with E-state index < -0.39 is 11.0 Å². The third kappa shape index (κ3) is 4.34. The predicted molar refractivity (Wildman–Crippen MR) is 99.8 cm³/mol. The maximum absolute atomic E-state index is 13.2. The van der Waals surface area contributed by atoms with Gasteiger partial charge >= 0.3 is 0 Å². The number of hydrogen-bond donors (Lipinski definition) is 1. The van der Waals surface area contributed by atoms with Gasteiger partial charge in [0.2, 0.25) is 12.7 Å². The molecule has 1 heterocycles. The Balaban J connectivity index is 1.95. The maximum atomic E-state index is 13.2. The second kappa shape index (κ2) is 8.89. The van der Waals surface area contributed by atoms with Crippen LogP contribution in [-0.2, 0) is 4.79 Å². The Morgan fingerprint density at radius 1 is 1.36 bits per heavy atom. The van der Waals surface area contributed by atoms with E-state index in [9.17, 15) is 14.9 Å². The molecule has 1 aliphatic heterocycles. The number of hydrogen-bond acceptors (Lipinski definition) is 7. The fraction of sp³-hybridized carbons (Fsp3) is 0.579. The van der Waals surface area contributed by atoms with Crippen LogP contribution in [0.5, 0.6) is 11.5 Å². The van der Waals surface area contributed by atoms with Crippen LogP contribution in [0.4, 0.5) is 5.69 Å². The van der Waals surface area contributed by atoms with Gasteiger partial charge in [0.1, 0.15) is 6.04 Å². The number of nitro groups is 1. The van der Waals surface area contributed by atoms with Gasteiger partial charge in [-0.2, -0.15) is 5.26 Å². The van der Waals surface area contributed by atoms with Crippen molar-refractivity contribution < 1.29 is 19.2 Å². The molecule has 1 N–H and O–H groups in total. The SMILES string of the molecule is CN(CCC#N)[C@H](C(=O)NC1CCCCC1)c1cc2c(cc1[N+](=O)[O-])OCO2. The van der Waals surface area contributed by atoms with Crippen LogP contribution >= 0.6 is 0 Å². The molecule has 2 aliphatic rings. The normalized spacial score (nSPS) is 17.2. The third-order valence-corrected chi connectivity index (χ3v) is 5.23. The monoisotopic (exact) mass is 388 g/mol. The average Bonchev–Trinajstić information content (AvgIpc) is 3.14. The van der Waals surface area contributed by atoms with Crippen LogP contribution in [-0.4, -0.2) is 42.2 Å². The highest BCUT2D eigenvalue weighted by molar-refractivity contribution is 5.85. The third-order valence-electron chi connectivity index (χ3n) is 5.23. The molecule has 9 nitrogen and oxygen atoms in total. The van der Waals surface area contributed by atoms with Gasteiger partial charge < -0.3 is 14.8 Å². The van der Waals surface area contributed by atoms with Crippen molar-refractivity contribution in [2.75, 3.05) is 20.4 Å². The van der Waals surface area contributed by atoms with Crippen molar-refractivity contribution >= 4 is 11.6 Å². The van der Waals surface area contributed by atoms with Gasteiger partial charge in [-0.1, -0.05) is 19.3 Å². The van der Waals surface area contributed by atoms with Crippen LogP contribution in [0.1, 0.15) is 50.1 Å². The Hall–Kier alpha value is -2.86. The fourth-order valence-electron chi connectivity index (χ4n) is 3.79. The summed E-state index contributed by atoms with van der Waals surface area (Å²) < 4.78 is 10.6. The van der Waals surface area contributed by atoms with Crippen molar-refractivity contribution in [3.63, 3.8) is 0 Å². The summed E-state index contributed by atoms with van der Waals surface area (Å²) in [7, 11) is 1.69. The Morgan fingerprint density at radius 2 is 2.04 bits per heavy atom. The lowest BCUT2D eigenvalue weighted by Gasteiger charge is -2.30. The number of amides is 1. The number of nitrogens with zero attached hydrogens (tertiary/aromatic N) is 3. The molecule has 0 radical (unpaired) electrons. The first-order valence-corrected chi connectivity index (χ1v) is 9.46. The number of nitriles is 1. The lowest BCUT2D eigenvalue weighted by atomic mass is 9.94. The summed E-state index contributed by atoms with van der Waals surface area (Å²) in [6, 6.07) is 4.04. The summed E-state index contributed by atoms with van der Waals surface area (Å²) in [5, 5.41) is 23.6. The highest BCUT2D eigenvalue weighted by Gasteiger charge is 2.35. The van der Waals surface area contributed by atoms with E-state index in [0.29, 0.717) is 18.0 Å². The smallest absolute Gasteiger partial charge is 0.278 e. The highest BCUT2D eigenvalue weighted by atomic mass is 16.7. The molecule has 0 unspecified atom stereocenters. The van der Waals surface area contributed by atoms with Gasteiger partial charge in [0.15, 0.2) is 11.5 Å². The minimum absolute atomic E-state index is 0.0147. The molecule has 0 spiro atoms. The topological polar surface area (TPSA) is 118 Å². The number of fused-ring (bicyclic) bond motifs is 1. The summed E-state index contributed by atoms with van der Waals surface area (Å²) in [6.45, 7) is 0.296. The van der Waals surface area contributed by atoms with Gasteiger partial charge in [-0.05, 0) is 26.0 Å². The van der Waals surface area contributed by atoms with Gasteiger partial charge in [-0.3, -0.25) is 19.8 Å². The molecule has 1 atom stereocenters. The second-order valence-electron chi connectivity index (χ2n) is 7.16. The molecule has 150 valence electrons. The number of carbonyl (C=O) groups excluding carboxylic acids is 1. The van der Waals surface area contributed by atoms with Gasteiger partial charge in [0.25, 0.3) is 5.69 Å². The molecule has 1 aromatic carbocycles. The fourth-order valence-corrected chi connectivity index (χ4v) is 3.79. The Morgan fingerprint density at radius 3 is 2.68 bits per heavy atom. The van der Waals surface area contributed by atoms with Crippen molar-refractivity contribution in [2.45, 2.75) is 50.6 Å². The molecule has 1 aliphatic carbocycles. The first kappa shape index (κ1) is 19.9. The van der Waals surface area contributed by atoms with E-state index in [1.54, 1.807) is 11.9 Å². The van der Waals surface area contributed by atoms with Crippen LogP contribution in [0.3, 0.4) is 0 Å². The average molecular weight is 388 g/mol. The van der Waals surface area contributed by atoms with E-state index in [4.69, 9.17) is 14.7 Å². The summed E-state index contributed by atoms with van der Waals surface area (Å²) in [5.41, 5.74) is 0.0415. The van der Waals surface area contributed by atoms with Crippen LogP contribution < -0.4 is 14.8 Å². The largest absolute Gasteiger partial charge is 0.454 e. The number of rotatable bonds is 7. The number of nitrogens with one attached hydrogen (secondary N) is 1. The molecule has 9 heteroatoms. The number of ether oxygens (including phenoxy) is 2. The first-order valence-electron chi connectivity index (χ1n) is 9.46. The van der Waals surface area contributed by atoms with E-state index in [1.165, 1.54) is 12.1 Å². The van der Waals surface area contributed by atoms with Gasteiger partial charge in [-0.25, -0.2) is 0 Å². The standard InChI is InChI=1S/C19H24N4O5/c1-22(9-5-8-20)18(19(24)21-13-6-3-2-4-7-13)14-10-16-17(28-12-27-16)11-15(14)23(25)26/h10-11,13,18H,2-7,9,12H2,1H3,(H,21,24)/t18-/m0/s1. The lowest BCUT2D eigenvalue weighted by Crippen LogP contribution is -2.44. The van der Waals surface area contributed by atoms with Crippen LogP contribution in [0.2, 0.25) is 0 Å². The molecule has 0 aromatic heterocycles. The quantitative estimate of drug-likeness (QED) is 0.563. The number of carbonyl (C=O) groups is 1. The Kier molecular flexibility index (Phi) is 6.31. The first-order chi connectivity index (χ1) is 13.5. The molecule has 1 fully saturated rings. The zero-order valence-electron chi connectivity index (χ0n) is 15.8. The number of benzene rings is 1. The Labute approximate surface area is 163 Å². The van der Waals surface area contributed by atoms with E-state index in [-0.39, 0.29) is 36.4 Å². The van der Waals surface area contributed by atoms with E-state index in [1.807, 2.05) is 0 Å². The summed E-state index contributed by atoms with van der Waals surface area (Å²) in [5.74, 6) is 0.376. The van der Waals surface area contributed by atoms with Crippen molar-refractivity contribution in [3.05, 3.63) is 27.8 Å². The number of likely N-dealkylation sites (N-methyl/N-ethyl adjacent to an activating group) is 1. The molecule has 1 saturated carbocycles. The van der Waals surface area contributed by atoms with E-state index >= 15 is 0 Å². The van der Waals surface area contributed by atoms with Crippen molar-refractivity contribution in [1.82, 2.24) is 10.2 Å². The Bertz CT molecular complexity index is 785. The zero-order chi connectivity index (χ0) is 20.1. The second-order valence-corrected chi connectivity index (χ2v) is 7.16. The van der Waals surface area contributed by atoms with Crippen molar-refractivity contribution in [3.8, 4) is 17.6 Å². The van der Waals surface area contributed by atoms with Crippen LogP contribution in [0.25, 0.3) is 0 Å². The molecule has 3 rings (SSSR count). The molecule has 1 aromatic rings. The highest BCUT2D eigenvalue weighted by Crippen LogP contribution is 2.41. The molecule has 1 amide bonds. The molecular formula is C19H24N4O5. The molecular weight excluding hydrogens is 364 g/mol. The minimum atomic E-state index is -0.898.